The van der Waals surface area contributed by atoms with E-state index in [0.29, 0.717) is 22.8 Å². The molecule has 0 radical (unpaired) electrons. The van der Waals surface area contributed by atoms with E-state index in [1.165, 1.54) is 21.3 Å². The molecule has 23 heavy (non-hydrogen) atoms. The van der Waals surface area contributed by atoms with Crippen molar-refractivity contribution >= 4 is 18.3 Å². The third-order valence-electron chi connectivity index (χ3n) is 4.03. The molecule has 0 atom stereocenters. The molecule has 2 rings (SSSR count). The van der Waals surface area contributed by atoms with Crippen molar-refractivity contribution in [3.8, 4) is 17.2 Å². The monoisotopic (exact) mass is 344 g/mol. The zero-order chi connectivity index (χ0) is 16.1. The molecular formula is C16H25ClN2O4. The van der Waals surface area contributed by atoms with Crippen LogP contribution in [0.3, 0.4) is 0 Å². The number of halogens is 1. The highest BCUT2D eigenvalue weighted by molar-refractivity contribution is 5.95. The van der Waals surface area contributed by atoms with E-state index in [0.717, 1.165) is 25.7 Å². The second kappa shape index (κ2) is 8.84. The molecule has 1 aromatic carbocycles. The van der Waals surface area contributed by atoms with Gasteiger partial charge in [-0.05, 0) is 37.8 Å². The van der Waals surface area contributed by atoms with E-state index in [4.69, 9.17) is 19.9 Å². The molecule has 0 bridgehead atoms. The van der Waals surface area contributed by atoms with Crippen molar-refractivity contribution in [3.63, 3.8) is 0 Å². The smallest absolute Gasteiger partial charge is 0.251 e. The number of rotatable bonds is 5. The first-order valence-corrected chi connectivity index (χ1v) is 7.45. The van der Waals surface area contributed by atoms with Gasteiger partial charge in [0.25, 0.3) is 5.91 Å². The second-order valence-electron chi connectivity index (χ2n) is 5.50. The van der Waals surface area contributed by atoms with Crippen molar-refractivity contribution in [1.82, 2.24) is 5.32 Å². The Morgan fingerprint density at radius 1 is 1.04 bits per heavy atom. The minimum atomic E-state index is -0.139. The largest absolute Gasteiger partial charge is 0.493 e. The summed E-state index contributed by atoms with van der Waals surface area (Å²) < 4.78 is 15.8. The van der Waals surface area contributed by atoms with Crippen LogP contribution in [0.15, 0.2) is 12.1 Å². The van der Waals surface area contributed by atoms with Crippen LogP contribution in [0.1, 0.15) is 36.0 Å². The quantitative estimate of drug-likeness (QED) is 0.855. The standard InChI is InChI=1S/C16H24N2O4.ClH/c1-20-13-8-10(9-14(21-2)15(13)22-3)16(19)18-12-6-4-11(17)5-7-12;/h8-9,11-12H,4-7,17H2,1-3H3,(H,18,19);1H. The first-order chi connectivity index (χ1) is 10.6. The van der Waals surface area contributed by atoms with Crippen molar-refractivity contribution in [1.29, 1.82) is 0 Å². The highest BCUT2D eigenvalue weighted by Gasteiger charge is 2.22. The van der Waals surface area contributed by atoms with Gasteiger partial charge >= 0.3 is 0 Å². The summed E-state index contributed by atoms with van der Waals surface area (Å²) in [5.74, 6) is 1.28. The van der Waals surface area contributed by atoms with Crippen LogP contribution in [0.2, 0.25) is 0 Å². The van der Waals surface area contributed by atoms with Gasteiger partial charge in [-0.1, -0.05) is 0 Å². The number of nitrogens with two attached hydrogens (primary N) is 1. The summed E-state index contributed by atoms with van der Waals surface area (Å²) >= 11 is 0. The van der Waals surface area contributed by atoms with E-state index >= 15 is 0 Å². The Morgan fingerprint density at radius 2 is 1.57 bits per heavy atom. The van der Waals surface area contributed by atoms with Crippen LogP contribution in [0.25, 0.3) is 0 Å². The SMILES string of the molecule is COc1cc(C(=O)NC2CCC(N)CC2)cc(OC)c1OC.Cl. The molecule has 6 nitrogen and oxygen atoms in total. The predicted octanol–water partition coefficient (Wildman–Crippen LogP) is 2.13. The molecule has 0 unspecified atom stereocenters. The van der Waals surface area contributed by atoms with Gasteiger partial charge in [-0.3, -0.25) is 4.79 Å². The zero-order valence-electron chi connectivity index (χ0n) is 13.8. The number of benzene rings is 1. The number of amides is 1. The van der Waals surface area contributed by atoms with Gasteiger partial charge in [0.2, 0.25) is 5.75 Å². The van der Waals surface area contributed by atoms with Gasteiger partial charge in [-0.15, -0.1) is 12.4 Å². The number of carbonyl (C=O) groups is 1. The lowest BCUT2D eigenvalue weighted by molar-refractivity contribution is 0.0925. The average molecular weight is 345 g/mol. The van der Waals surface area contributed by atoms with Gasteiger partial charge in [0.05, 0.1) is 21.3 Å². The lowest BCUT2D eigenvalue weighted by Crippen LogP contribution is -2.40. The maximum atomic E-state index is 12.4. The minimum Gasteiger partial charge on any atom is -0.493 e. The first-order valence-electron chi connectivity index (χ1n) is 7.45. The van der Waals surface area contributed by atoms with Crippen LogP contribution in [-0.2, 0) is 0 Å². The summed E-state index contributed by atoms with van der Waals surface area (Å²) in [6.07, 6.45) is 3.72. The number of hydrogen-bond acceptors (Lipinski definition) is 5. The Labute approximate surface area is 143 Å². The summed E-state index contributed by atoms with van der Waals surface area (Å²) in [6, 6.07) is 3.75. The van der Waals surface area contributed by atoms with Crippen molar-refractivity contribution in [2.24, 2.45) is 5.73 Å². The third-order valence-corrected chi connectivity index (χ3v) is 4.03. The van der Waals surface area contributed by atoms with E-state index < -0.39 is 0 Å². The number of ether oxygens (including phenoxy) is 3. The van der Waals surface area contributed by atoms with E-state index in [9.17, 15) is 4.79 Å². The van der Waals surface area contributed by atoms with Gasteiger partial charge in [0.1, 0.15) is 0 Å². The van der Waals surface area contributed by atoms with E-state index in [-0.39, 0.29) is 30.4 Å². The van der Waals surface area contributed by atoms with E-state index in [2.05, 4.69) is 5.32 Å². The molecule has 1 amide bonds. The van der Waals surface area contributed by atoms with Gasteiger partial charge < -0.3 is 25.3 Å². The molecule has 0 saturated heterocycles. The summed E-state index contributed by atoms with van der Waals surface area (Å²) in [5, 5.41) is 3.05. The third kappa shape index (κ3) is 4.65. The van der Waals surface area contributed by atoms with Gasteiger partial charge in [0.15, 0.2) is 11.5 Å². The Kier molecular flexibility index (Phi) is 7.45. The highest BCUT2D eigenvalue weighted by atomic mass is 35.5. The second-order valence-corrected chi connectivity index (χ2v) is 5.50. The van der Waals surface area contributed by atoms with Crippen LogP contribution in [0.4, 0.5) is 0 Å². The average Bonchev–Trinajstić information content (AvgIpc) is 2.55. The highest BCUT2D eigenvalue weighted by Crippen LogP contribution is 2.38. The number of carbonyl (C=O) groups excluding carboxylic acids is 1. The van der Waals surface area contributed by atoms with Crippen LogP contribution >= 0.6 is 12.4 Å². The molecule has 1 fully saturated rings. The molecule has 0 aliphatic heterocycles. The van der Waals surface area contributed by atoms with Gasteiger partial charge in [0, 0.05) is 17.6 Å². The topological polar surface area (TPSA) is 82.8 Å². The normalized spacial score (nSPS) is 20.2. The molecule has 3 N–H and O–H groups in total. The molecule has 0 aromatic heterocycles. The molecule has 1 aromatic rings. The fraction of sp³-hybridized carbons (Fsp3) is 0.562. The van der Waals surface area contributed by atoms with E-state index in [1.807, 2.05) is 0 Å². The molecular weight excluding hydrogens is 320 g/mol. The Hall–Kier alpha value is -1.66. The Morgan fingerprint density at radius 3 is 2.00 bits per heavy atom. The molecule has 1 aliphatic carbocycles. The lowest BCUT2D eigenvalue weighted by atomic mass is 9.91. The molecule has 0 spiro atoms. The molecule has 130 valence electrons. The molecule has 1 aliphatic rings. The van der Waals surface area contributed by atoms with E-state index in [1.54, 1.807) is 12.1 Å². The summed E-state index contributed by atoms with van der Waals surface area (Å²) in [5.41, 5.74) is 6.38. The molecule has 0 heterocycles. The fourth-order valence-electron chi connectivity index (χ4n) is 2.74. The number of methoxy groups -OCH3 is 3. The van der Waals surface area contributed by atoms with Crippen LogP contribution in [0.5, 0.6) is 17.2 Å². The Bertz CT molecular complexity index is 506. The minimum absolute atomic E-state index is 0. The fourth-order valence-corrected chi connectivity index (χ4v) is 2.74. The van der Waals surface area contributed by atoms with Crippen molar-refractivity contribution in [2.45, 2.75) is 37.8 Å². The molecule has 1 saturated carbocycles. The summed E-state index contributed by atoms with van der Waals surface area (Å²) in [7, 11) is 4.59. The number of nitrogens with one attached hydrogen (secondary N) is 1. The van der Waals surface area contributed by atoms with Crippen molar-refractivity contribution in [2.75, 3.05) is 21.3 Å². The predicted molar refractivity (Wildman–Crippen MR) is 91.0 cm³/mol. The summed E-state index contributed by atoms with van der Waals surface area (Å²) in [6.45, 7) is 0. The van der Waals surface area contributed by atoms with Crippen molar-refractivity contribution in [3.05, 3.63) is 17.7 Å². The number of hydrogen-bond donors (Lipinski definition) is 2. The first kappa shape index (κ1) is 19.4. The van der Waals surface area contributed by atoms with Crippen LogP contribution < -0.4 is 25.3 Å². The lowest BCUT2D eigenvalue weighted by Gasteiger charge is -2.27. The van der Waals surface area contributed by atoms with Gasteiger partial charge in [-0.25, -0.2) is 0 Å². The van der Waals surface area contributed by atoms with Crippen molar-refractivity contribution < 1.29 is 19.0 Å². The molecule has 7 heteroatoms. The van der Waals surface area contributed by atoms with Crippen LogP contribution in [-0.4, -0.2) is 39.3 Å². The van der Waals surface area contributed by atoms with Gasteiger partial charge in [-0.2, -0.15) is 0 Å². The van der Waals surface area contributed by atoms with Crippen LogP contribution in [0, 0.1) is 0 Å². The zero-order valence-corrected chi connectivity index (χ0v) is 14.6. The Balaban J connectivity index is 0.00000264. The maximum Gasteiger partial charge on any atom is 0.251 e. The maximum absolute atomic E-state index is 12.4. The summed E-state index contributed by atoms with van der Waals surface area (Å²) in [4.78, 5) is 12.4.